The molecule has 0 radical (unpaired) electrons. The van der Waals surface area contributed by atoms with E-state index in [1.54, 1.807) is 0 Å². The van der Waals surface area contributed by atoms with Gasteiger partial charge < -0.3 is 14.8 Å². The molecule has 6 heteroatoms. The molecule has 2 heterocycles. The Balaban J connectivity index is 2.13. The molecule has 1 fully saturated rings. The van der Waals surface area contributed by atoms with Gasteiger partial charge in [-0.15, -0.1) is 0 Å². The van der Waals surface area contributed by atoms with Crippen molar-refractivity contribution in [1.29, 1.82) is 0 Å². The fourth-order valence-electron chi connectivity index (χ4n) is 2.39. The smallest absolute Gasteiger partial charge is 0.376 e. The molecule has 1 saturated heterocycles. The highest BCUT2D eigenvalue weighted by atomic mass is 16.5. The largest absolute Gasteiger partial charge is 0.463 e. The van der Waals surface area contributed by atoms with Crippen LogP contribution in [-0.2, 0) is 9.47 Å². The Bertz CT molecular complexity index is 502. The van der Waals surface area contributed by atoms with Gasteiger partial charge in [-0.05, 0) is 33.6 Å². The first-order valence-electron chi connectivity index (χ1n) is 6.74. The molecule has 1 unspecified atom stereocenters. The first-order chi connectivity index (χ1) is 9.39. The second-order valence-corrected chi connectivity index (χ2v) is 5.65. The van der Waals surface area contributed by atoms with Crippen LogP contribution < -0.4 is 5.32 Å². The lowest BCUT2D eigenvalue weighted by Gasteiger charge is -2.36. The Morgan fingerprint density at radius 1 is 1.50 bits per heavy atom. The molecular weight excluding hydrogens is 258 g/mol. The minimum absolute atomic E-state index is 0.0846. The van der Waals surface area contributed by atoms with Crippen molar-refractivity contribution in [3.63, 3.8) is 0 Å². The summed E-state index contributed by atoms with van der Waals surface area (Å²) >= 11 is 0. The predicted octanol–water partition coefficient (Wildman–Crippen LogP) is 1.94. The Labute approximate surface area is 118 Å². The van der Waals surface area contributed by atoms with E-state index in [-0.39, 0.29) is 17.5 Å². The van der Waals surface area contributed by atoms with Crippen LogP contribution in [0.5, 0.6) is 0 Å². The highest BCUT2D eigenvalue weighted by molar-refractivity contribution is 5.85. The summed E-state index contributed by atoms with van der Waals surface area (Å²) in [6.07, 6.45) is 1.81. The van der Waals surface area contributed by atoms with E-state index in [0.717, 1.165) is 25.1 Å². The highest BCUT2D eigenvalue weighted by Gasteiger charge is 2.29. The van der Waals surface area contributed by atoms with Crippen molar-refractivity contribution < 1.29 is 14.3 Å². The SMILES string of the molecule is COC(=O)c1nc(C)cc(NC2CCOC(C)(C)C2)n1. The topological polar surface area (TPSA) is 73.3 Å². The molecule has 110 valence electrons. The molecule has 0 spiro atoms. The zero-order valence-corrected chi connectivity index (χ0v) is 12.4. The molecular formula is C14H21N3O3. The number of esters is 1. The molecule has 0 bridgehead atoms. The van der Waals surface area contributed by atoms with Gasteiger partial charge in [0, 0.05) is 24.4 Å². The zero-order chi connectivity index (χ0) is 14.8. The number of ether oxygens (including phenoxy) is 2. The normalized spacial score (nSPS) is 21.3. The van der Waals surface area contributed by atoms with Gasteiger partial charge in [0.15, 0.2) is 0 Å². The summed E-state index contributed by atoms with van der Waals surface area (Å²) in [6.45, 7) is 6.70. The third kappa shape index (κ3) is 3.66. The van der Waals surface area contributed by atoms with Crippen LogP contribution in [-0.4, -0.2) is 41.3 Å². The van der Waals surface area contributed by atoms with Crippen molar-refractivity contribution in [3.05, 3.63) is 17.6 Å². The van der Waals surface area contributed by atoms with Crippen LogP contribution in [0.3, 0.4) is 0 Å². The molecule has 0 aliphatic carbocycles. The lowest BCUT2D eigenvalue weighted by atomic mass is 9.94. The molecule has 1 aliphatic rings. The van der Waals surface area contributed by atoms with E-state index in [4.69, 9.17) is 4.74 Å². The minimum Gasteiger partial charge on any atom is -0.463 e. The van der Waals surface area contributed by atoms with Crippen LogP contribution in [0.1, 0.15) is 43.0 Å². The maximum Gasteiger partial charge on any atom is 0.376 e. The number of methoxy groups -OCH3 is 1. The van der Waals surface area contributed by atoms with E-state index in [9.17, 15) is 4.79 Å². The Morgan fingerprint density at radius 2 is 2.25 bits per heavy atom. The monoisotopic (exact) mass is 279 g/mol. The maximum absolute atomic E-state index is 11.5. The average Bonchev–Trinajstić information content (AvgIpc) is 2.35. The summed E-state index contributed by atoms with van der Waals surface area (Å²) in [5, 5.41) is 3.36. The summed E-state index contributed by atoms with van der Waals surface area (Å²) in [5.41, 5.74) is 0.595. The highest BCUT2D eigenvalue weighted by Crippen LogP contribution is 2.26. The number of anilines is 1. The van der Waals surface area contributed by atoms with Gasteiger partial charge in [0.25, 0.3) is 0 Å². The van der Waals surface area contributed by atoms with Crippen molar-refractivity contribution in [2.24, 2.45) is 0 Å². The molecule has 20 heavy (non-hydrogen) atoms. The van der Waals surface area contributed by atoms with Gasteiger partial charge in [-0.1, -0.05) is 0 Å². The Kier molecular flexibility index (Phi) is 4.23. The van der Waals surface area contributed by atoms with Crippen LogP contribution in [0, 0.1) is 6.92 Å². The molecule has 1 atom stereocenters. The van der Waals surface area contributed by atoms with Gasteiger partial charge in [-0.2, -0.15) is 0 Å². The van der Waals surface area contributed by atoms with Crippen LogP contribution in [0.4, 0.5) is 5.82 Å². The van der Waals surface area contributed by atoms with Crippen LogP contribution in [0.15, 0.2) is 6.07 Å². The number of rotatable bonds is 3. The minimum atomic E-state index is -0.524. The van der Waals surface area contributed by atoms with E-state index in [0.29, 0.717) is 5.82 Å². The Morgan fingerprint density at radius 3 is 2.90 bits per heavy atom. The summed E-state index contributed by atoms with van der Waals surface area (Å²) in [5.74, 6) is 0.214. The number of nitrogens with one attached hydrogen (secondary N) is 1. The van der Waals surface area contributed by atoms with Crippen molar-refractivity contribution in [2.45, 2.75) is 45.3 Å². The second-order valence-electron chi connectivity index (χ2n) is 5.65. The van der Waals surface area contributed by atoms with Gasteiger partial charge >= 0.3 is 5.97 Å². The van der Waals surface area contributed by atoms with Crippen molar-refractivity contribution in [3.8, 4) is 0 Å². The number of aryl methyl sites for hydroxylation is 1. The quantitative estimate of drug-likeness (QED) is 0.852. The van der Waals surface area contributed by atoms with Crippen LogP contribution in [0.25, 0.3) is 0 Å². The van der Waals surface area contributed by atoms with E-state index in [1.165, 1.54) is 7.11 Å². The van der Waals surface area contributed by atoms with Crippen LogP contribution in [0.2, 0.25) is 0 Å². The van der Waals surface area contributed by atoms with E-state index in [1.807, 2.05) is 13.0 Å². The average molecular weight is 279 g/mol. The van der Waals surface area contributed by atoms with Gasteiger partial charge in [0.05, 0.1) is 12.7 Å². The van der Waals surface area contributed by atoms with E-state index < -0.39 is 5.97 Å². The van der Waals surface area contributed by atoms with Crippen molar-refractivity contribution >= 4 is 11.8 Å². The van der Waals surface area contributed by atoms with Gasteiger partial charge in [-0.3, -0.25) is 0 Å². The number of hydrogen-bond acceptors (Lipinski definition) is 6. The van der Waals surface area contributed by atoms with E-state index in [2.05, 4.69) is 33.9 Å². The number of carbonyl (C=O) groups excluding carboxylic acids is 1. The summed E-state index contributed by atoms with van der Waals surface area (Å²) in [6, 6.07) is 2.10. The van der Waals surface area contributed by atoms with Crippen molar-refractivity contribution in [1.82, 2.24) is 9.97 Å². The lowest BCUT2D eigenvalue weighted by Crippen LogP contribution is -2.40. The fraction of sp³-hybridized carbons (Fsp3) is 0.643. The second kappa shape index (κ2) is 5.75. The van der Waals surface area contributed by atoms with Crippen LogP contribution >= 0.6 is 0 Å². The lowest BCUT2D eigenvalue weighted by molar-refractivity contribution is -0.0553. The van der Waals surface area contributed by atoms with Gasteiger partial charge in [0.1, 0.15) is 5.82 Å². The number of nitrogens with zero attached hydrogens (tertiary/aromatic N) is 2. The molecule has 0 amide bonds. The number of hydrogen-bond donors (Lipinski definition) is 1. The standard InChI is InChI=1S/C14H21N3O3/c1-9-7-11(17-12(15-9)13(18)19-4)16-10-5-6-20-14(2,3)8-10/h7,10H,5-6,8H2,1-4H3,(H,15,16,17). The predicted molar refractivity (Wildman–Crippen MR) is 74.8 cm³/mol. The maximum atomic E-state index is 11.5. The fourth-order valence-corrected chi connectivity index (χ4v) is 2.39. The molecule has 1 N–H and O–H groups in total. The number of aromatic nitrogens is 2. The third-order valence-electron chi connectivity index (χ3n) is 3.27. The van der Waals surface area contributed by atoms with Gasteiger partial charge in [0.2, 0.25) is 5.82 Å². The first kappa shape index (κ1) is 14.7. The number of carbonyl (C=O) groups is 1. The third-order valence-corrected chi connectivity index (χ3v) is 3.27. The molecule has 0 aromatic carbocycles. The molecule has 1 aromatic rings. The summed E-state index contributed by atoms with van der Waals surface area (Å²) in [7, 11) is 1.32. The molecule has 1 aliphatic heterocycles. The van der Waals surface area contributed by atoms with E-state index >= 15 is 0 Å². The van der Waals surface area contributed by atoms with Gasteiger partial charge in [-0.25, -0.2) is 14.8 Å². The first-order valence-corrected chi connectivity index (χ1v) is 6.74. The molecule has 6 nitrogen and oxygen atoms in total. The molecule has 1 aromatic heterocycles. The van der Waals surface area contributed by atoms with Crippen molar-refractivity contribution in [2.75, 3.05) is 19.0 Å². The molecule has 0 saturated carbocycles. The molecule has 2 rings (SSSR count). The zero-order valence-electron chi connectivity index (χ0n) is 12.4. The summed E-state index contributed by atoms with van der Waals surface area (Å²) in [4.78, 5) is 19.8. The summed E-state index contributed by atoms with van der Waals surface area (Å²) < 4.78 is 10.3. The Hall–Kier alpha value is -1.69.